The normalized spacial score (nSPS) is 28.0. The molecule has 3 heterocycles. The first-order valence-electron chi connectivity index (χ1n) is 6.98. The zero-order valence-corrected chi connectivity index (χ0v) is 19.4. The number of hydrogen-bond donors (Lipinski definition) is 4. The summed E-state index contributed by atoms with van der Waals surface area (Å²) in [7, 11) is -3.51. The number of aliphatic hydroxyl groups excluding tert-OH is 2. The number of rotatable bonds is 4. The summed E-state index contributed by atoms with van der Waals surface area (Å²) in [5.41, 5.74) is 0.345. The molecule has 0 saturated carbocycles. The summed E-state index contributed by atoms with van der Waals surface area (Å²) in [6, 6.07) is 0. The third-order valence-electron chi connectivity index (χ3n) is 3.89. The van der Waals surface area contributed by atoms with Crippen molar-refractivity contribution in [2.75, 3.05) is 25.6 Å². The maximum absolute atomic E-state index is 10.5. The molecule has 0 aliphatic carbocycles. The summed E-state index contributed by atoms with van der Waals surface area (Å²) in [5, 5.41) is 31.1. The molecule has 4 N–H and O–H groups in total. The molecule has 1 aromatic rings. The number of phosphoric ester groups is 1. The summed E-state index contributed by atoms with van der Waals surface area (Å²) < 4.78 is 21.5. The van der Waals surface area contributed by atoms with Gasteiger partial charge in [-0.1, -0.05) is 0 Å². The summed E-state index contributed by atoms with van der Waals surface area (Å²) in [5.74, 6) is 0.600. The number of amidine groups is 1. The Bertz CT molecular complexity index is 700. The van der Waals surface area contributed by atoms with E-state index in [1.54, 1.807) is 11.9 Å². The molecule has 3 rings (SSSR count). The average molecular weight is 407 g/mol. The fraction of sp³-hybridized carbons (Fsp3) is 0.636. The molecule has 1 saturated heterocycles. The molecule has 134 valence electrons. The van der Waals surface area contributed by atoms with Gasteiger partial charge in [0.25, 0.3) is 0 Å². The van der Waals surface area contributed by atoms with Gasteiger partial charge in [-0.05, 0) is 0 Å². The number of phosphoric acid groups is 1. The smallest absolute Gasteiger partial charge is 0.790 e. The third-order valence-corrected chi connectivity index (χ3v) is 4.36. The molecule has 15 heteroatoms. The van der Waals surface area contributed by atoms with Crippen LogP contribution in [0.2, 0.25) is 0 Å². The quantitative estimate of drug-likeness (QED) is 0.277. The molecule has 26 heavy (non-hydrogen) atoms. The monoisotopic (exact) mass is 407 g/mol. The van der Waals surface area contributed by atoms with Gasteiger partial charge in [-0.15, -0.1) is 0 Å². The fourth-order valence-corrected chi connectivity index (χ4v) is 2.95. The summed E-state index contributed by atoms with van der Waals surface area (Å²) in [4.78, 5) is 26.8. The van der Waals surface area contributed by atoms with Gasteiger partial charge in [-0.2, -0.15) is 0 Å². The number of imidazole rings is 1. The van der Waals surface area contributed by atoms with Gasteiger partial charge in [-0.3, -0.25) is 9.98 Å². The molecule has 0 radical (unpaired) electrons. The van der Waals surface area contributed by atoms with Gasteiger partial charge in [0.15, 0.2) is 12.1 Å². The molecule has 0 aromatic carbocycles. The van der Waals surface area contributed by atoms with Gasteiger partial charge in [0, 0.05) is 7.05 Å². The van der Waals surface area contributed by atoms with E-state index in [9.17, 15) is 24.6 Å². The van der Waals surface area contributed by atoms with E-state index in [1.165, 1.54) is 10.9 Å². The number of anilines is 1. The summed E-state index contributed by atoms with van der Waals surface area (Å²) in [6.07, 6.45) is -3.80. The first-order valence-corrected chi connectivity index (χ1v) is 8.44. The predicted molar refractivity (Wildman–Crippen MR) is 74.8 cm³/mol. The number of ether oxygens (including phenoxy) is 1. The Hall–Kier alpha value is 0.470. The van der Waals surface area contributed by atoms with E-state index in [0.717, 1.165) is 0 Å². The van der Waals surface area contributed by atoms with Crippen LogP contribution in [0.4, 0.5) is 5.82 Å². The minimum absolute atomic E-state index is 0. The molecular weight excluding hydrogens is 391 g/mol. The topological polar surface area (TPSA) is 179 Å². The second-order valence-corrected chi connectivity index (χ2v) is 6.67. The molecule has 1 aromatic heterocycles. The number of nitrogens with zero attached hydrogens (tertiary/aromatic N) is 3. The van der Waals surface area contributed by atoms with E-state index in [0.29, 0.717) is 18.2 Å². The maximum atomic E-state index is 10.5. The molecule has 0 bridgehead atoms. The van der Waals surface area contributed by atoms with E-state index in [-0.39, 0.29) is 65.0 Å². The van der Waals surface area contributed by atoms with Crippen molar-refractivity contribution in [2.45, 2.75) is 24.5 Å². The number of nitrogens with one attached hydrogen (secondary N) is 2. The molecule has 2 aliphatic heterocycles. The standard InChI is InChI=1S/C11H18N5O7P.2Na/c1-15-3-14-10-6(9(15)12)13-4-16(10)11-8(18)7(17)5(23-11)2-22-24(19,20)21;;/h4-5,7-8,11-12,14,17-18H,2-3H2,1H3,(H2,19,20,21);;/q;2*+1/p-2/t5-,7-,8-,11-;;/m1../s1. The second-order valence-electron chi connectivity index (χ2n) is 5.52. The number of fused-ring (bicyclic) bond motifs is 1. The molecular formula is C11H16N5Na2O7P. The Morgan fingerprint density at radius 1 is 1.46 bits per heavy atom. The Balaban J connectivity index is 0.00000169. The van der Waals surface area contributed by atoms with Crippen molar-refractivity contribution in [3.05, 3.63) is 12.0 Å². The van der Waals surface area contributed by atoms with Gasteiger partial charge in [0.1, 0.15) is 29.8 Å². The van der Waals surface area contributed by atoms with Crippen LogP contribution in [0.1, 0.15) is 11.9 Å². The second kappa shape index (κ2) is 9.31. The van der Waals surface area contributed by atoms with Crippen molar-refractivity contribution >= 4 is 19.5 Å². The zero-order chi connectivity index (χ0) is 17.6. The average Bonchev–Trinajstić information content (AvgIpc) is 3.04. The van der Waals surface area contributed by atoms with Crippen LogP contribution < -0.4 is 74.2 Å². The fourth-order valence-electron chi connectivity index (χ4n) is 2.62. The Morgan fingerprint density at radius 3 is 2.73 bits per heavy atom. The van der Waals surface area contributed by atoms with Gasteiger partial charge in [0.2, 0.25) is 0 Å². The van der Waals surface area contributed by atoms with Crippen LogP contribution in [0.3, 0.4) is 0 Å². The maximum Gasteiger partial charge on any atom is 1.00 e. The zero-order valence-electron chi connectivity index (χ0n) is 14.5. The number of aromatic nitrogens is 2. The number of hydrogen-bond acceptors (Lipinski definition) is 10. The summed E-state index contributed by atoms with van der Waals surface area (Å²) >= 11 is 0. The molecule has 2 aliphatic rings. The van der Waals surface area contributed by atoms with Gasteiger partial charge in [0.05, 0.1) is 27.4 Å². The van der Waals surface area contributed by atoms with Crippen molar-refractivity contribution in [3.8, 4) is 0 Å². The SMILES string of the molecule is CN1CNc2c(ncn2[C@@H]2O[C@H](COP(=O)([O-])[O-])[C@@H](O)[C@H]2O)C1=N.[Na+].[Na+]. The van der Waals surface area contributed by atoms with E-state index in [1.807, 2.05) is 0 Å². The van der Waals surface area contributed by atoms with Crippen LogP contribution in [0.5, 0.6) is 0 Å². The molecule has 0 unspecified atom stereocenters. The summed E-state index contributed by atoms with van der Waals surface area (Å²) in [6.45, 7) is -0.368. The molecule has 0 amide bonds. The minimum Gasteiger partial charge on any atom is -0.790 e. The van der Waals surface area contributed by atoms with Crippen LogP contribution in [-0.4, -0.2) is 69.1 Å². The van der Waals surface area contributed by atoms with Crippen molar-refractivity contribution in [1.82, 2.24) is 14.5 Å². The van der Waals surface area contributed by atoms with E-state index in [2.05, 4.69) is 14.8 Å². The van der Waals surface area contributed by atoms with Crippen molar-refractivity contribution < 1.29 is 92.9 Å². The van der Waals surface area contributed by atoms with Gasteiger partial charge < -0.3 is 44.0 Å². The molecule has 4 atom stereocenters. The van der Waals surface area contributed by atoms with Crippen LogP contribution in [0.15, 0.2) is 6.33 Å². The molecule has 0 spiro atoms. The van der Waals surface area contributed by atoms with Gasteiger partial charge >= 0.3 is 59.1 Å². The first kappa shape index (κ1) is 24.5. The Morgan fingerprint density at radius 2 is 2.12 bits per heavy atom. The Labute approximate surface area is 193 Å². The minimum atomic E-state index is -5.22. The molecule has 12 nitrogen and oxygen atoms in total. The van der Waals surface area contributed by atoms with Crippen molar-refractivity contribution in [3.63, 3.8) is 0 Å². The first-order chi connectivity index (χ1) is 11.2. The van der Waals surface area contributed by atoms with Crippen LogP contribution >= 0.6 is 7.82 Å². The van der Waals surface area contributed by atoms with Crippen LogP contribution in [0, 0.1) is 5.41 Å². The van der Waals surface area contributed by atoms with Crippen LogP contribution in [0.25, 0.3) is 0 Å². The van der Waals surface area contributed by atoms with Crippen molar-refractivity contribution in [1.29, 1.82) is 5.41 Å². The Kier molecular flexibility index (Phi) is 8.78. The van der Waals surface area contributed by atoms with Crippen LogP contribution in [-0.2, 0) is 13.8 Å². The predicted octanol–water partition coefficient (Wildman–Crippen LogP) is -9.00. The van der Waals surface area contributed by atoms with E-state index >= 15 is 0 Å². The third kappa shape index (κ3) is 4.90. The largest absolute Gasteiger partial charge is 1.00 e. The molecule has 1 fully saturated rings. The van der Waals surface area contributed by atoms with E-state index in [4.69, 9.17) is 10.1 Å². The number of aliphatic hydroxyl groups is 2. The van der Waals surface area contributed by atoms with Crippen molar-refractivity contribution in [2.24, 2.45) is 0 Å². The van der Waals surface area contributed by atoms with E-state index < -0.39 is 39.0 Å². The van der Waals surface area contributed by atoms with Gasteiger partial charge in [-0.25, -0.2) is 4.98 Å².